The number of nitrogens with one attached hydrogen (secondary N) is 1. The maximum absolute atomic E-state index is 13.2. The van der Waals surface area contributed by atoms with Crippen molar-refractivity contribution in [2.75, 3.05) is 12.8 Å². The molecule has 1 fully saturated rings. The van der Waals surface area contributed by atoms with Gasteiger partial charge in [0.2, 0.25) is 0 Å². The Kier molecular flexibility index (Phi) is 3.08. The molecule has 3 heteroatoms. The van der Waals surface area contributed by atoms with Gasteiger partial charge in [0.15, 0.2) is 0 Å². The highest BCUT2D eigenvalue weighted by molar-refractivity contribution is 7.98. The van der Waals surface area contributed by atoms with E-state index in [1.54, 1.807) is 6.07 Å². The number of rotatable bonds is 2. The highest BCUT2D eigenvalue weighted by Gasteiger charge is 2.16. The molecule has 1 nitrogen and oxygen atoms in total. The second-order valence-electron chi connectivity index (χ2n) is 3.54. The van der Waals surface area contributed by atoms with Crippen LogP contribution in [0.3, 0.4) is 0 Å². The zero-order valence-corrected chi connectivity index (χ0v) is 9.03. The highest BCUT2D eigenvalue weighted by Crippen LogP contribution is 2.27. The van der Waals surface area contributed by atoms with Gasteiger partial charge in [-0.05, 0) is 43.3 Å². The van der Waals surface area contributed by atoms with E-state index in [1.165, 1.54) is 30.2 Å². The van der Waals surface area contributed by atoms with Gasteiger partial charge in [0.25, 0.3) is 0 Å². The lowest BCUT2D eigenvalue weighted by Crippen LogP contribution is -2.12. The molecule has 1 unspecified atom stereocenters. The van der Waals surface area contributed by atoms with Crippen LogP contribution in [-0.4, -0.2) is 12.8 Å². The van der Waals surface area contributed by atoms with Gasteiger partial charge in [-0.3, -0.25) is 0 Å². The predicted octanol–water partition coefficient (Wildman–Crippen LogP) is 2.97. The largest absolute Gasteiger partial charge is 0.310 e. The topological polar surface area (TPSA) is 12.0 Å². The Labute approximate surface area is 88.1 Å². The first kappa shape index (κ1) is 9.99. The Morgan fingerprint density at radius 2 is 2.36 bits per heavy atom. The predicted molar refractivity (Wildman–Crippen MR) is 58.2 cm³/mol. The Morgan fingerprint density at radius 3 is 3.00 bits per heavy atom. The van der Waals surface area contributed by atoms with Crippen LogP contribution in [0.1, 0.15) is 24.4 Å². The summed E-state index contributed by atoms with van der Waals surface area (Å²) in [5.74, 6) is -0.112. The second kappa shape index (κ2) is 4.32. The Balaban J connectivity index is 2.25. The van der Waals surface area contributed by atoms with Gasteiger partial charge < -0.3 is 5.32 Å². The average molecular weight is 211 g/mol. The molecule has 0 bridgehead atoms. The van der Waals surface area contributed by atoms with E-state index in [4.69, 9.17) is 0 Å². The molecule has 1 aliphatic heterocycles. The first-order valence-electron chi connectivity index (χ1n) is 4.88. The first-order valence-corrected chi connectivity index (χ1v) is 6.10. The lowest BCUT2D eigenvalue weighted by atomic mass is 10.1. The van der Waals surface area contributed by atoms with E-state index in [1.807, 2.05) is 18.4 Å². The highest BCUT2D eigenvalue weighted by atomic mass is 32.2. The molecular weight excluding hydrogens is 197 g/mol. The molecule has 1 N–H and O–H groups in total. The van der Waals surface area contributed by atoms with Gasteiger partial charge >= 0.3 is 0 Å². The van der Waals surface area contributed by atoms with E-state index in [2.05, 4.69) is 5.32 Å². The van der Waals surface area contributed by atoms with Gasteiger partial charge in [-0.2, -0.15) is 0 Å². The summed E-state index contributed by atoms with van der Waals surface area (Å²) in [5, 5.41) is 3.41. The van der Waals surface area contributed by atoms with Crippen LogP contribution in [0.2, 0.25) is 0 Å². The maximum Gasteiger partial charge on any atom is 0.136 e. The third-order valence-electron chi connectivity index (χ3n) is 2.64. The van der Waals surface area contributed by atoms with Crippen LogP contribution in [0, 0.1) is 5.82 Å². The third-order valence-corrected chi connectivity index (χ3v) is 3.39. The van der Waals surface area contributed by atoms with E-state index in [-0.39, 0.29) is 5.82 Å². The number of halogens is 1. The molecule has 0 amide bonds. The van der Waals surface area contributed by atoms with E-state index in [9.17, 15) is 4.39 Å². The molecule has 0 spiro atoms. The van der Waals surface area contributed by atoms with Gasteiger partial charge in [-0.25, -0.2) is 4.39 Å². The molecular formula is C11H14FNS. The molecule has 0 aromatic heterocycles. The van der Waals surface area contributed by atoms with Crippen LogP contribution < -0.4 is 5.32 Å². The van der Waals surface area contributed by atoms with Crippen molar-refractivity contribution in [3.05, 3.63) is 29.6 Å². The zero-order chi connectivity index (χ0) is 9.97. The molecule has 1 heterocycles. The molecule has 0 radical (unpaired) electrons. The van der Waals surface area contributed by atoms with Gasteiger partial charge in [0.05, 0.1) is 0 Å². The zero-order valence-electron chi connectivity index (χ0n) is 8.22. The van der Waals surface area contributed by atoms with E-state index in [0.29, 0.717) is 6.04 Å². The van der Waals surface area contributed by atoms with Crippen molar-refractivity contribution in [1.82, 2.24) is 5.32 Å². The minimum Gasteiger partial charge on any atom is -0.310 e. The summed E-state index contributed by atoms with van der Waals surface area (Å²) in [7, 11) is 0. The summed E-state index contributed by atoms with van der Waals surface area (Å²) in [6.07, 6.45) is 4.29. The number of hydrogen-bond acceptors (Lipinski definition) is 2. The molecule has 14 heavy (non-hydrogen) atoms. The Bertz CT molecular complexity index is 321. The third kappa shape index (κ3) is 1.93. The summed E-state index contributed by atoms with van der Waals surface area (Å²) in [6, 6.07) is 5.85. The fourth-order valence-electron chi connectivity index (χ4n) is 1.86. The van der Waals surface area contributed by atoms with Crippen LogP contribution >= 0.6 is 11.8 Å². The number of thioether (sulfide) groups is 1. The van der Waals surface area contributed by atoms with Crippen LogP contribution in [0.4, 0.5) is 4.39 Å². The normalized spacial score (nSPS) is 21.4. The Morgan fingerprint density at radius 1 is 1.50 bits per heavy atom. The van der Waals surface area contributed by atoms with Gasteiger partial charge in [0, 0.05) is 10.9 Å². The fourth-order valence-corrected chi connectivity index (χ4v) is 2.38. The van der Waals surface area contributed by atoms with Crippen molar-refractivity contribution in [3.8, 4) is 0 Å². The quantitative estimate of drug-likeness (QED) is 0.755. The summed E-state index contributed by atoms with van der Waals surface area (Å²) in [4.78, 5) is 0.746. The van der Waals surface area contributed by atoms with Crippen molar-refractivity contribution >= 4 is 11.8 Å². The summed E-state index contributed by atoms with van der Waals surface area (Å²) >= 11 is 1.47. The summed E-state index contributed by atoms with van der Waals surface area (Å²) in [6.45, 7) is 1.08. The number of hydrogen-bond donors (Lipinski definition) is 1. The second-order valence-corrected chi connectivity index (χ2v) is 4.39. The van der Waals surface area contributed by atoms with Crippen molar-refractivity contribution in [1.29, 1.82) is 0 Å². The van der Waals surface area contributed by atoms with Crippen LogP contribution in [0.5, 0.6) is 0 Å². The minimum atomic E-state index is -0.112. The SMILES string of the molecule is CSc1cc(C2CCCN2)ccc1F. The molecule has 0 aliphatic carbocycles. The van der Waals surface area contributed by atoms with Crippen molar-refractivity contribution in [2.45, 2.75) is 23.8 Å². The van der Waals surface area contributed by atoms with Crippen molar-refractivity contribution < 1.29 is 4.39 Å². The van der Waals surface area contributed by atoms with E-state index in [0.717, 1.165) is 11.4 Å². The Hall–Kier alpha value is -0.540. The fraction of sp³-hybridized carbons (Fsp3) is 0.455. The molecule has 0 saturated carbocycles. The lowest BCUT2D eigenvalue weighted by molar-refractivity contribution is 0.593. The van der Waals surface area contributed by atoms with Gasteiger partial charge in [-0.15, -0.1) is 11.8 Å². The molecule has 2 rings (SSSR count). The smallest absolute Gasteiger partial charge is 0.136 e. The molecule has 1 aromatic carbocycles. The molecule has 1 aliphatic rings. The molecule has 1 aromatic rings. The summed E-state index contributed by atoms with van der Waals surface area (Å²) < 4.78 is 13.2. The van der Waals surface area contributed by atoms with Crippen LogP contribution in [0.15, 0.2) is 23.1 Å². The monoisotopic (exact) mass is 211 g/mol. The average Bonchev–Trinajstić information content (AvgIpc) is 2.71. The van der Waals surface area contributed by atoms with Crippen LogP contribution in [-0.2, 0) is 0 Å². The van der Waals surface area contributed by atoms with E-state index < -0.39 is 0 Å². The molecule has 1 atom stereocenters. The van der Waals surface area contributed by atoms with Gasteiger partial charge in [-0.1, -0.05) is 6.07 Å². The minimum absolute atomic E-state index is 0.112. The standard InChI is InChI=1S/C11H14FNS/c1-14-11-7-8(4-5-9(11)12)10-3-2-6-13-10/h4-5,7,10,13H,2-3,6H2,1H3. The van der Waals surface area contributed by atoms with Crippen molar-refractivity contribution in [2.24, 2.45) is 0 Å². The first-order chi connectivity index (χ1) is 6.81. The molecule has 76 valence electrons. The van der Waals surface area contributed by atoms with Gasteiger partial charge in [0.1, 0.15) is 5.82 Å². The van der Waals surface area contributed by atoms with Crippen LogP contribution in [0.25, 0.3) is 0 Å². The maximum atomic E-state index is 13.2. The van der Waals surface area contributed by atoms with Crippen molar-refractivity contribution in [3.63, 3.8) is 0 Å². The lowest BCUT2D eigenvalue weighted by Gasteiger charge is -2.11. The number of benzene rings is 1. The summed E-state index contributed by atoms with van der Waals surface area (Å²) in [5.41, 5.74) is 1.22. The molecule has 1 saturated heterocycles. The van der Waals surface area contributed by atoms with E-state index >= 15 is 0 Å².